The number of hydrogen-bond donors (Lipinski definition) is 3. The maximum atomic E-state index is 10.4. The molecule has 0 saturated heterocycles. The molecule has 0 spiro atoms. The number of aliphatic hydroxyl groups excluding tert-OH is 1. The minimum Gasteiger partial charge on any atom is -0.507 e. The molecule has 0 radical (unpaired) electrons. The summed E-state index contributed by atoms with van der Waals surface area (Å²) in [6.45, 7) is 3.51. The molecule has 0 aliphatic carbocycles. The Morgan fingerprint density at radius 1 is 1.19 bits per heavy atom. The van der Waals surface area contributed by atoms with Gasteiger partial charge in [-0.3, -0.25) is 0 Å². The third-order valence-electron chi connectivity index (χ3n) is 4.66. The number of ether oxygens (including phenoxy) is 1. The molecular formula is C21H30N2O3S. The van der Waals surface area contributed by atoms with Crippen molar-refractivity contribution in [1.29, 1.82) is 0 Å². The maximum Gasteiger partial charge on any atom is 0.129 e. The molecule has 0 amide bonds. The Bertz CT molecular complexity index is 709. The summed E-state index contributed by atoms with van der Waals surface area (Å²) in [5.74, 6) is 1.11. The van der Waals surface area contributed by atoms with Crippen LogP contribution in [0.5, 0.6) is 11.5 Å². The second-order valence-corrected chi connectivity index (χ2v) is 7.51. The fourth-order valence-electron chi connectivity index (χ4n) is 2.79. The lowest BCUT2D eigenvalue weighted by Crippen LogP contribution is -2.33. The van der Waals surface area contributed by atoms with Crippen molar-refractivity contribution in [3.8, 4) is 11.5 Å². The maximum absolute atomic E-state index is 10.4. The SMILES string of the molecule is COc1ccc(N(C)CCC(C)NCC(O)c2ccc(O)c(SC)c2)cc1. The molecule has 3 N–H and O–H groups in total. The number of aliphatic hydroxyl groups is 1. The fourth-order valence-corrected chi connectivity index (χ4v) is 3.32. The van der Waals surface area contributed by atoms with Crippen molar-refractivity contribution >= 4 is 17.4 Å². The second-order valence-electron chi connectivity index (χ2n) is 6.66. The molecule has 0 aromatic heterocycles. The highest BCUT2D eigenvalue weighted by Crippen LogP contribution is 2.29. The number of hydrogen-bond acceptors (Lipinski definition) is 6. The number of nitrogens with one attached hydrogen (secondary N) is 1. The molecule has 0 aliphatic rings. The number of thioether (sulfide) groups is 1. The van der Waals surface area contributed by atoms with E-state index in [0.29, 0.717) is 6.54 Å². The summed E-state index contributed by atoms with van der Waals surface area (Å²) in [6, 6.07) is 13.5. The van der Waals surface area contributed by atoms with Crippen LogP contribution in [0.15, 0.2) is 47.4 Å². The molecule has 0 fully saturated rings. The van der Waals surface area contributed by atoms with Gasteiger partial charge in [0.2, 0.25) is 0 Å². The summed E-state index contributed by atoms with van der Waals surface area (Å²) in [6.07, 6.45) is 2.27. The number of benzene rings is 2. The van der Waals surface area contributed by atoms with E-state index in [1.807, 2.05) is 24.5 Å². The predicted molar refractivity (Wildman–Crippen MR) is 113 cm³/mol. The number of anilines is 1. The number of methoxy groups -OCH3 is 1. The van der Waals surface area contributed by atoms with Crippen LogP contribution in [0.2, 0.25) is 0 Å². The topological polar surface area (TPSA) is 65.0 Å². The molecule has 6 heteroatoms. The molecule has 5 nitrogen and oxygen atoms in total. The van der Waals surface area contributed by atoms with Crippen molar-refractivity contribution in [1.82, 2.24) is 5.32 Å². The smallest absolute Gasteiger partial charge is 0.129 e. The standard InChI is InChI=1S/C21H30N2O3S/c1-15(11-12-23(2)17-6-8-18(26-3)9-7-17)22-14-20(25)16-5-10-19(24)21(13-16)27-4/h5-10,13,15,20,22,24-25H,11-12,14H2,1-4H3. The van der Waals surface area contributed by atoms with Gasteiger partial charge in [0.1, 0.15) is 11.5 Å². The first-order chi connectivity index (χ1) is 12.9. The fraction of sp³-hybridized carbons (Fsp3) is 0.429. The normalized spacial score (nSPS) is 13.2. The molecule has 2 unspecified atom stereocenters. The molecular weight excluding hydrogens is 360 g/mol. The van der Waals surface area contributed by atoms with Crippen LogP contribution in [0.25, 0.3) is 0 Å². The van der Waals surface area contributed by atoms with Crippen LogP contribution in [-0.4, -0.2) is 49.8 Å². The molecule has 2 atom stereocenters. The first-order valence-corrected chi connectivity index (χ1v) is 10.3. The molecule has 27 heavy (non-hydrogen) atoms. The minimum absolute atomic E-state index is 0.251. The number of phenolic OH excluding ortho intramolecular Hbond substituents is 1. The number of phenols is 1. The van der Waals surface area contributed by atoms with Gasteiger partial charge in [0.25, 0.3) is 0 Å². The zero-order valence-corrected chi connectivity index (χ0v) is 17.3. The van der Waals surface area contributed by atoms with E-state index >= 15 is 0 Å². The van der Waals surface area contributed by atoms with E-state index in [1.165, 1.54) is 11.8 Å². The molecule has 2 aromatic rings. The van der Waals surface area contributed by atoms with Gasteiger partial charge in [-0.15, -0.1) is 11.8 Å². The van der Waals surface area contributed by atoms with Crippen LogP contribution in [0.1, 0.15) is 25.0 Å². The average molecular weight is 391 g/mol. The summed E-state index contributed by atoms with van der Waals surface area (Å²) < 4.78 is 5.19. The molecule has 148 valence electrons. The lowest BCUT2D eigenvalue weighted by Gasteiger charge is -2.23. The van der Waals surface area contributed by atoms with E-state index in [1.54, 1.807) is 19.2 Å². The van der Waals surface area contributed by atoms with Crippen molar-refractivity contribution in [2.75, 3.05) is 38.4 Å². The van der Waals surface area contributed by atoms with Crippen LogP contribution >= 0.6 is 11.8 Å². The number of aromatic hydroxyl groups is 1. The highest BCUT2D eigenvalue weighted by atomic mass is 32.2. The van der Waals surface area contributed by atoms with Crippen molar-refractivity contribution in [3.05, 3.63) is 48.0 Å². The van der Waals surface area contributed by atoms with Crippen molar-refractivity contribution < 1.29 is 14.9 Å². The van der Waals surface area contributed by atoms with Gasteiger partial charge in [-0.2, -0.15) is 0 Å². The Hall–Kier alpha value is -1.89. The highest BCUT2D eigenvalue weighted by Gasteiger charge is 2.12. The first kappa shape index (κ1) is 21.4. The van der Waals surface area contributed by atoms with Gasteiger partial charge in [-0.25, -0.2) is 0 Å². The van der Waals surface area contributed by atoms with E-state index in [-0.39, 0.29) is 11.8 Å². The molecule has 0 saturated carbocycles. The zero-order chi connectivity index (χ0) is 19.8. The van der Waals surface area contributed by atoms with Crippen molar-refractivity contribution in [2.45, 2.75) is 30.4 Å². The van der Waals surface area contributed by atoms with Crippen LogP contribution in [0.3, 0.4) is 0 Å². The minimum atomic E-state index is -0.599. The summed E-state index contributed by atoms with van der Waals surface area (Å²) >= 11 is 1.47. The number of nitrogens with zero attached hydrogens (tertiary/aromatic N) is 1. The Morgan fingerprint density at radius 3 is 2.52 bits per heavy atom. The third kappa shape index (κ3) is 6.34. The summed E-state index contributed by atoms with van der Waals surface area (Å²) in [5, 5.41) is 23.6. The third-order valence-corrected chi connectivity index (χ3v) is 5.43. The summed E-state index contributed by atoms with van der Waals surface area (Å²) in [4.78, 5) is 2.99. The van der Waals surface area contributed by atoms with E-state index in [9.17, 15) is 10.2 Å². The summed E-state index contributed by atoms with van der Waals surface area (Å²) in [5.41, 5.74) is 1.96. The lowest BCUT2D eigenvalue weighted by molar-refractivity contribution is 0.170. The van der Waals surface area contributed by atoms with E-state index in [0.717, 1.165) is 34.9 Å². The quantitative estimate of drug-likeness (QED) is 0.538. The van der Waals surface area contributed by atoms with Gasteiger partial charge in [0.05, 0.1) is 13.2 Å². The van der Waals surface area contributed by atoms with Gasteiger partial charge in [0, 0.05) is 36.8 Å². The Kier molecular flexibility index (Phi) is 8.28. The van der Waals surface area contributed by atoms with Crippen LogP contribution in [-0.2, 0) is 0 Å². The van der Waals surface area contributed by atoms with Gasteiger partial charge < -0.3 is 25.2 Å². The van der Waals surface area contributed by atoms with Crippen LogP contribution in [0, 0.1) is 0 Å². The van der Waals surface area contributed by atoms with Gasteiger partial charge in [0.15, 0.2) is 0 Å². The highest BCUT2D eigenvalue weighted by molar-refractivity contribution is 7.98. The Balaban J connectivity index is 1.78. The zero-order valence-electron chi connectivity index (χ0n) is 16.5. The van der Waals surface area contributed by atoms with Crippen LogP contribution in [0.4, 0.5) is 5.69 Å². The number of rotatable bonds is 10. The van der Waals surface area contributed by atoms with Gasteiger partial charge in [-0.1, -0.05) is 6.07 Å². The van der Waals surface area contributed by atoms with E-state index in [4.69, 9.17) is 4.74 Å². The largest absolute Gasteiger partial charge is 0.507 e. The van der Waals surface area contributed by atoms with Gasteiger partial charge >= 0.3 is 0 Å². The Morgan fingerprint density at radius 2 is 1.89 bits per heavy atom. The Labute approximate surface area is 166 Å². The summed E-state index contributed by atoms with van der Waals surface area (Å²) in [7, 11) is 3.74. The molecule has 0 aliphatic heterocycles. The monoisotopic (exact) mass is 390 g/mol. The average Bonchev–Trinajstić information content (AvgIpc) is 2.70. The van der Waals surface area contributed by atoms with E-state index in [2.05, 4.69) is 36.3 Å². The van der Waals surface area contributed by atoms with Gasteiger partial charge in [-0.05, 0) is 61.6 Å². The predicted octanol–water partition coefficient (Wildman–Crippen LogP) is 3.66. The second kappa shape index (κ2) is 10.4. The van der Waals surface area contributed by atoms with Crippen LogP contribution < -0.4 is 15.0 Å². The first-order valence-electron chi connectivity index (χ1n) is 9.08. The molecule has 0 heterocycles. The van der Waals surface area contributed by atoms with Crippen molar-refractivity contribution in [3.63, 3.8) is 0 Å². The molecule has 2 aromatic carbocycles. The van der Waals surface area contributed by atoms with Crippen molar-refractivity contribution in [2.24, 2.45) is 0 Å². The molecule has 2 rings (SSSR count). The van der Waals surface area contributed by atoms with E-state index < -0.39 is 6.10 Å². The molecule has 0 bridgehead atoms. The lowest BCUT2D eigenvalue weighted by atomic mass is 10.1.